The molecule has 1 saturated heterocycles. The molecule has 3 heterocycles. The summed E-state index contributed by atoms with van der Waals surface area (Å²) in [6, 6.07) is -0.752. The Labute approximate surface area is 203 Å². The molecule has 12 nitrogen and oxygen atoms in total. The van der Waals surface area contributed by atoms with Crippen molar-refractivity contribution in [2.75, 3.05) is 25.6 Å². The number of aromatic amines is 1. The molecular formula is C22H34N6O6P+. The minimum Gasteiger partial charge on any atom is -0.464 e. The number of esters is 1. The summed E-state index contributed by atoms with van der Waals surface area (Å²) in [4.78, 5) is 46.4. The number of anilines is 1. The first-order chi connectivity index (χ1) is 16.6. The second kappa shape index (κ2) is 9.94. The molecule has 35 heavy (non-hydrogen) atoms. The molecule has 1 aliphatic carbocycles. The van der Waals surface area contributed by atoms with Crippen LogP contribution in [0.15, 0.2) is 16.7 Å². The van der Waals surface area contributed by atoms with Crippen molar-refractivity contribution in [3.05, 3.63) is 22.3 Å². The highest BCUT2D eigenvalue weighted by Crippen LogP contribution is 2.65. The fraction of sp³-hybridized carbons (Fsp3) is 0.636. The third-order valence-corrected chi connectivity index (χ3v) is 8.26. The molecule has 2 aromatic rings. The SMILES string of the molecule is CCC(CC)COC(=O)[C@@H](N[P+]1(O)OCC2(CO1)C/C2=C/n1cnc2c(=O)[nH]c(N)nc21)C(C)C. The summed E-state index contributed by atoms with van der Waals surface area (Å²) in [7, 11) is -3.45. The van der Waals surface area contributed by atoms with Gasteiger partial charge in [0, 0.05) is 6.20 Å². The Morgan fingerprint density at radius 3 is 2.71 bits per heavy atom. The second-order valence-electron chi connectivity index (χ2n) is 9.62. The maximum atomic E-state index is 12.7. The molecule has 1 spiro atoms. The minimum absolute atomic E-state index is 0.0107. The van der Waals surface area contributed by atoms with Gasteiger partial charge >= 0.3 is 14.1 Å². The van der Waals surface area contributed by atoms with E-state index in [2.05, 4.69) is 33.9 Å². The number of imidazole rings is 1. The Morgan fingerprint density at radius 2 is 2.09 bits per heavy atom. The highest BCUT2D eigenvalue weighted by molar-refractivity contribution is 7.58. The predicted octanol–water partition coefficient (Wildman–Crippen LogP) is 2.24. The van der Waals surface area contributed by atoms with E-state index in [-0.39, 0.29) is 36.0 Å². The number of hydrogen-bond acceptors (Lipinski definition) is 10. The first-order valence-electron chi connectivity index (χ1n) is 11.9. The van der Waals surface area contributed by atoms with E-state index >= 15 is 0 Å². The van der Waals surface area contributed by atoms with E-state index in [4.69, 9.17) is 19.5 Å². The summed E-state index contributed by atoms with van der Waals surface area (Å²) in [5, 5.41) is 2.90. The van der Waals surface area contributed by atoms with Gasteiger partial charge in [0.1, 0.15) is 25.6 Å². The van der Waals surface area contributed by atoms with E-state index < -0.39 is 25.7 Å². The minimum atomic E-state index is -3.45. The molecule has 0 radical (unpaired) electrons. The van der Waals surface area contributed by atoms with Gasteiger partial charge in [0.05, 0.1) is 12.0 Å². The Morgan fingerprint density at radius 1 is 1.40 bits per heavy atom. The van der Waals surface area contributed by atoms with Gasteiger partial charge < -0.3 is 10.5 Å². The van der Waals surface area contributed by atoms with Gasteiger partial charge in [-0.25, -0.2) is 4.98 Å². The van der Waals surface area contributed by atoms with Crippen LogP contribution in [-0.2, 0) is 18.6 Å². The van der Waals surface area contributed by atoms with Crippen molar-refractivity contribution in [3.8, 4) is 0 Å². The van der Waals surface area contributed by atoms with Crippen LogP contribution in [0.5, 0.6) is 0 Å². The smallest absolute Gasteiger partial charge is 0.464 e. The lowest BCUT2D eigenvalue weighted by Gasteiger charge is -2.29. The van der Waals surface area contributed by atoms with Crippen molar-refractivity contribution in [2.24, 2.45) is 17.3 Å². The largest absolute Gasteiger partial charge is 0.499 e. The third kappa shape index (κ3) is 5.41. The number of nitrogens with one attached hydrogen (secondary N) is 2. The number of aromatic nitrogens is 4. The van der Waals surface area contributed by atoms with Gasteiger partial charge in [-0.15, -0.1) is 5.09 Å². The second-order valence-corrected chi connectivity index (χ2v) is 11.4. The lowest BCUT2D eigenvalue weighted by atomic mass is 10.0. The lowest BCUT2D eigenvalue weighted by Crippen LogP contribution is -2.45. The Balaban J connectivity index is 1.40. The van der Waals surface area contributed by atoms with Crippen molar-refractivity contribution < 1.29 is 23.5 Å². The topological polar surface area (TPSA) is 167 Å². The van der Waals surface area contributed by atoms with E-state index in [9.17, 15) is 14.5 Å². The molecule has 4 rings (SSSR count). The van der Waals surface area contributed by atoms with Crippen LogP contribution in [0.3, 0.4) is 0 Å². The van der Waals surface area contributed by atoms with Crippen LogP contribution in [0.2, 0.25) is 0 Å². The number of ether oxygens (including phenoxy) is 1. The fourth-order valence-corrected chi connectivity index (χ4v) is 5.86. The molecule has 1 saturated carbocycles. The normalized spacial score (nSPS) is 26.2. The maximum absolute atomic E-state index is 12.7. The van der Waals surface area contributed by atoms with Gasteiger partial charge in [-0.3, -0.25) is 19.1 Å². The maximum Gasteiger partial charge on any atom is 0.499 e. The summed E-state index contributed by atoms with van der Waals surface area (Å²) < 4.78 is 18.7. The molecule has 0 amide bonds. The number of carbonyl (C=O) groups is 1. The van der Waals surface area contributed by atoms with E-state index in [0.717, 1.165) is 18.4 Å². The molecule has 1 aliphatic heterocycles. The molecule has 5 N–H and O–H groups in total. The van der Waals surface area contributed by atoms with Gasteiger partial charge in [-0.05, 0) is 23.8 Å². The van der Waals surface area contributed by atoms with Crippen LogP contribution in [0.1, 0.15) is 47.0 Å². The monoisotopic (exact) mass is 509 g/mol. The van der Waals surface area contributed by atoms with E-state index in [1.165, 1.54) is 6.33 Å². The van der Waals surface area contributed by atoms with E-state index in [0.29, 0.717) is 24.6 Å². The van der Waals surface area contributed by atoms with Gasteiger partial charge in [0.25, 0.3) is 5.56 Å². The number of fused-ring (bicyclic) bond motifs is 1. The van der Waals surface area contributed by atoms with Crippen LogP contribution in [0.4, 0.5) is 5.95 Å². The zero-order chi connectivity index (χ0) is 25.4. The standard InChI is InChI=1S/C22H33N6O6P/c1-5-14(6-2)9-32-20(30)16(13(3)4)27-35(31)33-10-22(11-34-35)7-15(22)8-28-12-24-17-18(28)25-21(23)26-19(17)29/h8,12-14,16,27,31H,5-7,9-11H2,1-4H3,(H2-,23,25,26,29)/p+1/b15-8-/t16-,22?,35?/m0/s1. The van der Waals surface area contributed by atoms with Gasteiger partial charge in [-0.2, -0.15) is 18.9 Å². The van der Waals surface area contributed by atoms with Gasteiger partial charge in [0.2, 0.25) is 5.95 Å². The Bertz CT molecular complexity index is 1160. The average Bonchev–Trinajstić information content (AvgIpc) is 3.33. The quantitative estimate of drug-likeness (QED) is 0.291. The Kier molecular flexibility index (Phi) is 7.31. The molecule has 0 bridgehead atoms. The zero-order valence-electron chi connectivity index (χ0n) is 20.5. The van der Waals surface area contributed by atoms with Crippen molar-refractivity contribution in [1.29, 1.82) is 0 Å². The van der Waals surface area contributed by atoms with Crippen LogP contribution in [0.25, 0.3) is 17.4 Å². The highest BCUT2D eigenvalue weighted by atomic mass is 31.2. The number of nitrogens with two attached hydrogens (primary N) is 1. The lowest BCUT2D eigenvalue weighted by molar-refractivity contribution is -0.148. The molecule has 2 aliphatic rings. The molecule has 2 aromatic heterocycles. The molecular weight excluding hydrogens is 475 g/mol. The molecule has 2 fully saturated rings. The van der Waals surface area contributed by atoms with Gasteiger partial charge in [0.15, 0.2) is 11.2 Å². The van der Waals surface area contributed by atoms with E-state index in [1.54, 1.807) is 4.57 Å². The van der Waals surface area contributed by atoms with Crippen LogP contribution >= 0.6 is 8.09 Å². The first-order valence-corrected chi connectivity index (χ1v) is 13.5. The Hall–Kier alpha value is -2.37. The number of carbonyl (C=O) groups excluding carboxylic acids is 1. The summed E-state index contributed by atoms with van der Waals surface area (Å²) in [6.45, 7) is 8.68. The first kappa shape index (κ1) is 25.7. The third-order valence-electron chi connectivity index (χ3n) is 6.70. The van der Waals surface area contributed by atoms with Crippen LogP contribution < -0.4 is 16.4 Å². The van der Waals surface area contributed by atoms with Crippen molar-refractivity contribution >= 4 is 37.4 Å². The predicted molar refractivity (Wildman–Crippen MR) is 132 cm³/mol. The number of nitrogens with zero attached hydrogens (tertiary/aromatic N) is 3. The zero-order valence-corrected chi connectivity index (χ0v) is 21.4. The number of H-pyrrole nitrogens is 1. The summed E-state index contributed by atoms with van der Waals surface area (Å²) >= 11 is 0. The van der Waals surface area contributed by atoms with E-state index in [1.807, 2.05) is 20.0 Å². The van der Waals surface area contributed by atoms with Gasteiger partial charge in [-0.1, -0.05) is 40.5 Å². The van der Waals surface area contributed by atoms with Crippen LogP contribution in [-0.4, -0.2) is 56.2 Å². The number of hydrogen-bond donors (Lipinski definition) is 4. The molecule has 1 atom stereocenters. The van der Waals surface area contributed by atoms with Crippen molar-refractivity contribution in [1.82, 2.24) is 24.6 Å². The van der Waals surface area contributed by atoms with Crippen molar-refractivity contribution in [2.45, 2.75) is 53.0 Å². The fourth-order valence-electron chi connectivity index (χ4n) is 4.04. The number of rotatable bonds is 9. The van der Waals surface area contributed by atoms with Crippen LogP contribution in [0, 0.1) is 17.3 Å². The van der Waals surface area contributed by atoms with Crippen molar-refractivity contribution in [3.63, 3.8) is 0 Å². The molecule has 0 unspecified atom stereocenters. The summed E-state index contributed by atoms with van der Waals surface area (Å²) in [6.07, 6.45) is 5.88. The number of nitrogen functional groups attached to an aromatic ring is 1. The summed E-state index contributed by atoms with van der Waals surface area (Å²) in [5.41, 5.74) is 6.43. The molecule has 13 heteroatoms. The molecule has 192 valence electrons. The molecule has 0 aromatic carbocycles. The highest BCUT2D eigenvalue weighted by Gasteiger charge is 2.62. The summed E-state index contributed by atoms with van der Waals surface area (Å²) in [5.74, 6) is -0.236. The average molecular weight is 510 g/mol.